The van der Waals surface area contributed by atoms with Crippen LogP contribution in [0.5, 0.6) is 0 Å². The Labute approximate surface area is 83.6 Å². The van der Waals surface area contributed by atoms with Crippen molar-refractivity contribution in [1.82, 2.24) is 0 Å². The average Bonchev–Trinajstić information content (AvgIpc) is 2.03. The van der Waals surface area contributed by atoms with Gasteiger partial charge >= 0.3 is 7.32 Å². The molecule has 0 aromatic carbocycles. The monoisotopic (exact) mass is 209 g/mol. The third-order valence-electron chi connectivity index (χ3n) is 1.55. The molecule has 83 valence electrons. The lowest BCUT2D eigenvalue weighted by Gasteiger charge is -2.12. The number of hydrogen-bond donors (Lipinski definition) is 0. The summed E-state index contributed by atoms with van der Waals surface area (Å²) in [6.45, 7) is 3.51. The zero-order valence-electron chi connectivity index (χ0n) is 8.54. The fraction of sp³-hybridized carbons (Fsp3) is 1.00. The predicted molar refractivity (Wildman–Crippen MR) is 48.2 cm³/mol. The maximum atomic E-state index is 12.7. The van der Waals surface area contributed by atoms with Gasteiger partial charge in [0.15, 0.2) is 12.7 Å². The maximum Gasteiger partial charge on any atom is 0.671 e. The van der Waals surface area contributed by atoms with Crippen molar-refractivity contribution >= 4 is 7.32 Å². The van der Waals surface area contributed by atoms with Gasteiger partial charge < -0.3 is 9.31 Å². The molecule has 1 radical (unpaired) electrons. The number of alkyl halides is 2. The van der Waals surface area contributed by atoms with Crippen molar-refractivity contribution in [1.29, 1.82) is 0 Å². The van der Waals surface area contributed by atoms with Crippen molar-refractivity contribution in [3.63, 3.8) is 0 Å². The maximum absolute atomic E-state index is 12.7. The summed E-state index contributed by atoms with van der Waals surface area (Å²) in [6, 6.07) is 0. The van der Waals surface area contributed by atoms with E-state index in [1.54, 1.807) is 13.8 Å². The molecule has 0 aromatic heterocycles. The van der Waals surface area contributed by atoms with E-state index >= 15 is 0 Å². The van der Waals surface area contributed by atoms with Gasteiger partial charge in [-0.05, 0) is 0 Å². The van der Waals surface area contributed by atoms with E-state index in [4.69, 9.17) is 0 Å². The van der Waals surface area contributed by atoms with Crippen molar-refractivity contribution in [2.75, 3.05) is 0 Å². The minimum atomic E-state index is -2.07. The summed E-state index contributed by atoms with van der Waals surface area (Å²) >= 11 is 0. The van der Waals surface area contributed by atoms with Crippen LogP contribution < -0.4 is 0 Å². The number of rotatable bonds is 8. The first kappa shape index (κ1) is 13.8. The molecule has 0 heterocycles. The Morgan fingerprint density at radius 1 is 1.07 bits per heavy atom. The highest BCUT2D eigenvalue weighted by molar-refractivity contribution is 6.34. The standard InChI is InChI=1S/C8H16BF2O3/c1-3-5-7(10)13-9(12)14-8(11)6-4-2/h7-8H,3-6H2,1-2H3. The van der Waals surface area contributed by atoms with Gasteiger partial charge in [0.1, 0.15) is 0 Å². The molecule has 2 unspecified atom stereocenters. The van der Waals surface area contributed by atoms with E-state index in [1.807, 2.05) is 0 Å². The van der Waals surface area contributed by atoms with Crippen LogP contribution in [-0.2, 0) is 14.3 Å². The highest BCUT2D eigenvalue weighted by atomic mass is 19.2. The third kappa shape index (κ3) is 7.23. The van der Waals surface area contributed by atoms with E-state index in [-0.39, 0.29) is 12.8 Å². The van der Waals surface area contributed by atoms with E-state index in [2.05, 4.69) is 9.31 Å². The van der Waals surface area contributed by atoms with Crippen LogP contribution in [0.4, 0.5) is 8.78 Å². The second-order valence-electron chi connectivity index (χ2n) is 2.96. The Morgan fingerprint density at radius 2 is 1.43 bits per heavy atom. The number of hydrogen-bond acceptors (Lipinski definition) is 2. The lowest BCUT2D eigenvalue weighted by molar-refractivity contribution is -0.0522. The SMILES string of the molecule is CCCC(F)OB([O])OC(F)CCC. The zero-order chi connectivity index (χ0) is 11.0. The van der Waals surface area contributed by atoms with E-state index in [9.17, 15) is 13.8 Å². The quantitative estimate of drug-likeness (QED) is 0.576. The molecule has 0 amide bonds. The summed E-state index contributed by atoms with van der Waals surface area (Å²) in [6.07, 6.45) is -1.99. The van der Waals surface area contributed by atoms with Crippen LogP contribution in [0.25, 0.3) is 0 Å². The first-order chi connectivity index (χ1) is 6.60. The Morgan fingerprint density at radius 3 is 1.71 bits per heavy atom. The van der Waals surface area contributed by atoms with Gasteiger partial charge in [-0.1, -0.05) is 26.7 Å². The van der Waals surface area contributed by atoms with Crippen molar-refractivity contribution in [2.24, 2.45) is 0 Å². The molecular weight excluding hydrogens is 193 g/mol. The molecule has 6 heteroatoms. The minimum absolute atomic E-state index is 0.118. The largest absolute Gasteiger partial charge is 0.671 e. The molecule has 0 spiro atoms. The van der Waals surface area contributed by atoms with Crippen molar-refractivity contribution < 1.29 is 23.1 Å². The van der Waals surface area contributed by atoms with Crippen molar-refractivity contribution in [2.45, 2.75) is 52.2 Å². The minimum Gasteiger partial charge on any atom is -0.354 e. The number of halogens is 2. The van der Waals surface area contributed by atoms with Crippen molar-refractivity contribution in [3.05, 3.63) is 0 Å². The summed E-state index contributed by atoms with van der Waals surface area (Å²) in [4.78, 5) is 0. The molecule has 0 rings (SSSR count). The van der Waals surface area contributed by atoms with E-state index in [0.717, 1.165) is 0 Å². The van der Waals surface area contributed by atoms with Crippen LogP contribution in [-0.4, -0.2) is 20.0 Å². The van der Waals surface area contributed by atoms with E-state index < -0.39 is 20.0 Å². The van der Waals surface area contributed by atoms with Gasteiger partial charge in [0.25, 0.3) is 0 Å². The van der Waals surface area contributed by atoms with E-state index in [1.165, 1.54) is 0 Å². The van der Waals surface area contributed by atoms with Gasteiger partial charge in [-0.2, -0.15) is 0 Å². The normalized spacial score (nSPS) is 15.2. The molecular formula is C8H16BF2O3. The molecule has 14 heavy (non-hydrogen) atoms. The first-order valence-corrected chi connectivity index (χ1v) is 4.85. The fourth-order valence-corrected chi connectivity index (χ4v) is 0.863. The molecule has 0 N–H and O–H groups in total. The molecule has 0 saturated carbocycles. The average molecular weight is 209 g/mol. The summed E-state index contributed by atoms with van der Waals surface area (Å²) in [5.41, 5.74) is 0. The molecule has 0 fully saturated rings. The smallest absolute Gasteiger partial charge is 0.354 e. The van der Waals surface area contributed by atoms with Crippen LogP contribution >= 0.6 is 0 Å². The third-order valence-corrected chi connectivity index (χ3v) is 1.55. The second kappa shape index (κ2) is 8.14. The summed E-state index contributed by atoms with van der Waals surface area (Å²) in [5.74, 6) is 0. The molecule has 0 aromatic rings. The van der Waals surface area contributed by atoms with Crippen LogP contribution in [0.15, 0.2) is 0 Å². The second-order valence-corrected chi connectivity index (χ2v) is 2.96. The lowest BCUT2D eigenvalue weighted by Crippen LogP contribution is -2.29. The lowest BCUT2D eigenvalue weighted by atomic mass is 10.2. The van der Waals surface area contributed by atoms with Gasteiger partial charge in [0.2, 0.25) is 0 Å². The van der Waals surface area contributed by atoms with Gasteiger partial charge in [-0.15, -0.1) is 0 Å². The first-order valence-electron chi connectivity index (χ1n) is 4.85. The van der Waals surface area contributed by atoms with Gasteiger partial charge in [0.05, 0.1) is 0 Å². The fourth-order valence-electron chi connectivity index (χ4n) is 0.863. The summed E-state index contributed by atoms with van der Waals surface area (Å²) in [5, 5.41) is 10.8. The molecule has 0 bridgehead atoms. The molecule has 0 aliphatic carbocycles. The Hall–Kier alpha value is -0.195. The predicted octanol–water partition coefficient (Wildman–Crippen LogP) is 2.63. The Balaban J connectivity index is 3.57. The topological polar surface area (TPSA) is 38.4 Å². The molecule has 3 nitrogen and oxygen atoms in total. The molecule has 2 atom stereocenters. The summed E-state index contributed by atoms with van der Waals surface area (Å²) in [7, 11) is -2.07. The van der Waals surface area contributed by atoms with Crippen LogP contribution in [0.2, 0.25) is 0 Å². The highest BCUT2D eigenvalue weighted by Gasteiger charge is 2.26. The van der Waals surface area contributed by atoms with E-state index in [0.29, 0.717) is 12.8 Å². The van der Waals surface area contributed by atoms with Gasteiger partial charge in [-0.3, -0.25) is 0 Å². The Bertz CT molecular complexity index is 126. The molecule has 0 saturated heterocycles. The van der Waals surface area contributed by atoms with Gasteiger partial charge in [-0.25, -0.2) is 13.8 Å². The summed E-state index contributed by atoms with van der Waals surface area (Å²) < 4.78 is 33.8. The zero-order valence-corrected chi connectivity index (χ0v) is 8.54. The molecule has 0 aliphatic heterocycles. The van der Waals surface area contributed by atoms with Crippen LogP contribution in [0.3, 0.4) is 0 Å². The van der Waals surface area contributed by atoms with Crippen LogP contribution in [0.1, 0.15) is 39.5 Å². The van der Waals surface area contributed by atoms with Crippen molar-refractivity contribution in [3.8, 4) is 0 Å². The highest BCUT2D eigenvalue weighted by Crippen LogP contribution is 2.09. The molecule has 0 aliphatic rings. The Kier molecular flexibility index (Phi) is 8.03. The van der Waals surface area contributed by atoms with Gasteiger partial charge in [0, 0.05) is 12.8 Å². The van der Waals surface area contributed by atoms with Crippen LogP contribution in [0, 0.1) is 0 Å².